The number of hydrogen-bond acceptors (Lipinski definition) is 2. The molecular weight excluding hydrogens is 461 g/mol. The summed E-state index contributed by atoms with van der Waals surface area (Å²) in [5.74, 6) is -0.348. The van der Waals surface area contributed by atoms with Crippen LogP contribution in [0.5, 0.6) is 0 Å². The predicted molar refractivity (Wildman–Crippen MR) is 117 cm³/mol. The van der Waals surface area contributed by atoms with Crippen molar-refractivity contribution in [3.8, 4) is 0 Å². The zero-order chi connectivity index (χ0) is 18.7. The van der Waals surface area contributed by atoms with E-state index in [0.29, 0.717) is 12.0 Å². The third-order valence-corrected chi connectivity index (χ3v) is 5.13. The van der Waals surface area contributed by atoms with Crippen LogP contribution in [0.25, 0.3) is 0 Å². The summed E-state index contributed by atoms with van der Waals surface area (Å²) in [6.45, 7) is 9.06. The van der Waals surface area contributed by atoms with Gasteiger partial charge in [0.2, 0.25) is 0 Å². The Morgan fingerprint density at radius 2 is 1.85 bits per heavy atom. The Morgan fingerprint density at radius 1 is 1.22 bits per heavy atom. The molecule has 1 saturated carbocycles. The van der Waals surface area contributed by atoms with Gasteiger partial charge in [0.15, 0.2) is 5.96 Å². The fourth-order valence-electron chi connectivity index (χ4n) is 3.70. The largest absolute Gasteiger partial charge is 0.354 e. The van der Waals surface area contributed by atoms with Crippen LogP contribution in [0.4, 0.5) is 8.78 Å². The zero-order valence-corrected chi connectivity index (χ0v) is 18.3. The first-order chi connectivity index (χ1) is 12.5. The molecule has 1 heterocycles. The van der Waals surface area contributed by atoms with Crippen molar-refractivity contribution in [1.82, 2.24) is 15.5 Å². The Labute approximate surface area is 177 Å². The Balaban J connectivity index is 0.00000261. The molecule has 0 spiro atoms. The number of rotatable bonds is 5. The number of likely N-dealkylation sites (tertiary alicyclic amines) is 1. The predicted octanol–water partition coefficient (Wildman–Crippen LogP) is 3.64. The van der Waals surface area contributed by atoms with Gasteiger partial charge in [0, 0.05) is 50.2 Å². The third-order valence-electron chi connectivity index (χ3n) is 5.13. The van der Waals surface area contributed by atoms with Gasteiger partial charge in [-0.1, -0.05) is 18.2 Å². The quantitative estimate of drug-likeness (QED) is 0.287. The average Bonchev–Trinajstić information content (AvgIpc) is 3.34. The van der Waals surface area contributed by atoms with Gasteiger partial charge in [-0.15, -0.1) is 24.0 Å². The number of guanidine groups is 1. The van der Waals surface area contributed by atoms with Crippen molar-refractivity contribution >= 4 is 29.9 Å². The lowest BCUT2D eigenvalue weighted by atomic mass is 10.0. The minimum atomic E-state index is -0.466. The summed E-state index contributed by atoms with van der Waals surface area (Å²) >= 11 is 0. The van der Waals surface area contributed by atoms with Crippen LogP contribution in [-0.2, 0) is 0 Å². The number of nitrogens with one attached hydrogen (secondary N) is 2. The van der Waals surface area contributed by atoms with E-state index in [4.69, 9.17) is 0 Å². The summed E-state index contributed by atoms with van der Waals surface area (Å²) in [4.78, 5) is 6.69. The highest BCUT2D eigenvalue weighted by Crippen LogP contribution is 2.43. The molecule has 2 fully saturated rings. The van der Waals surface area contributed by atoms with E-state index in [1.54, 1.807) is 7.05 Å². The highest BCUT2D eigenvalue weighted by atomic mass is 127. The van der Waals surface area contributed by atoms with Gasteiger partial charge in [-0.25, -0.2) is 8.78 Å². The van der Waals surface area contributed by atoms with Gasteiger partial charge < -0.3 is 10.6 Å². The molecule has 1 aromatic rings. The molecule has 1 saturated heterocycles. The normalized spacial score (nSPS) is 23.5. The maximum absolute atomic E-state index is 13.9. The number of benzene rings is 1. The SMILES string of the molecule is C=C(C)CN1CCC(NC(=NC)NC2CC2c2c(F)cccc2F)CC1.I. The van der Waals surface area contributed by atoms with Crippen molar-refractivity contribution in [3.63, 3.8) is 0 Å². The van der Waals surface area contributed by atoms with Crippen molar-refractivity contribution in [2.24, 2.45) is 4.99 Å². The van der Waals surface area contributed by atoms with E-state index in [2.05, 4.69) is 34.0 Å². The second-order valence-corrected chi connectivity index (χ2v) is 7.45. The minimum Gasteiger partial charge on any atom is -0.354 e. The number of halogens is 3. The number of nitrogens with zero attached hydrogens (tertiary/aromatic N) is 2. The molecule has 0 radical (unpaired) electrons. The molecule has 1 aliphatic carbocycles. The Bertz CT molecular complexity index is 666. The topological polar surface area (TPSA) is 39.7 Å². The summed E-state index contributed by atoms with van der Waals surface area (Å²) in [7, 11) is 1.73. The molecule has 1 aliphatic heterocycles. The van der Waals surface area contributed by atoms with Gasteiger partial charge in [-0.2, -0.15) is 0 Å². The zero-order valence-electron chi connectivity index (χ0n) is 16.0. The van der Waals surface area contributed by atoms with E-state index in [9.17, 15) is 8.78 Å². The first kappa shape index (κ1) is 22.1. The van der Waals surface area contributed by atoms with Crippen molar-refractivity contribution in [2.75, 3.05) is 26.7 Å². The molecule has 7 heteroatoms. The van der Waals surface area contributed by atoms with Crippen LogP contribution in [-0.4, -0.2) is 49.6 Å². The monoisotopic (exact) mass is 490 g/mol. The molecule has 0 aromatic heterocycles. The molecule has 4 nitrogen and oxygen atoms in total. The summed E-state index contributed by atoms with van der Waals surface area (Å²) in [6, 6.07) is 4.43. The first-order valence-corrected chi connectivity index (χ1v) is 9.28. The van der Waals surface area contributed by atoms with Crippen LogP contribution >= 0.6 is 24.0 Å². The molecule has 2 aliphatic rings. The lowest BCUT2D eigenvalue weighted by Gasteiger charge is -2.33. The lowest BCUT2D eigenvalue weighted by Crippen LogP contribution is -2.49. The molecule has 150 valence electrons. The summed E-state index contributed by atoms with van der Waals surface area (Å²) in [6.07, 6.45) is 2.81. The van der Waals surface area contributed by atoms with E-state index in [1.807, 2.05) is 0 Å². The fraction of sp³-hybridized carbons (Fsp3) is 0.550. The standard InChI is InChI=1S/C20H28F2N4.HI/c1-13(2)12-26-9-7-14(8-10-26)24-20(23-3)25-18-11-15(18)19-16(21)5-4-6-17(19)22;/h4-6,14-15,18H,1,7-12H2,2-3H3,(H2,23,24,25);1H. The minimum absolute atomic E-state index is 0. The van der Waals surface area contributed by atoms with Crippen LogP contribution in [0, 0.1) is 11.6 Å². The first-order valence-electron chi connectivity index (χ1n) is 9.28. The highest BCUT2D eigenvalue weighted by Gasteiger charge is 2.42. The Morgan fingerprint density at radius 3 is 2.41 bits per heavy atom. The number of aliphatic imine (C=N–C) groups is 1. The molecule has 3 rings (SSSR count). The van der Waals surface area contributed by atoms with Gasteiger partial charge in [0.25, 0.3) is 0 Å². The van der Waals surface area contributed by atoms with Crippen molar-refractivity contribution in [1.29, 1.82) is 0 Å². The molecule has 2 N–H and O–H groups in total. The van der Waals surface area contributed by atoms with Gasteiger partial charge in [-0.3, -0.25) is 9.89 Å². The lowest BCUT2D eigenvalue weighted by molar-refractivity contribution is 0.221. The Kier molecular flexibility index (Phi) is 8.03. The molecule has 0 bridgehead atoms. The molecule has 27 heavy (non-hydrogen) atoms. The summed E-state index contributed by atoms with van der Waals surface area (Å²) in [5.41, 5.74) is 1.38. The van der Waals surface area contributed by atoms with Crippen LogP contribution in [0.1, 0.15) is 37.7 Å². The van der Waals surface area contributed by atoms with E-state index in [-0.39, 0.29) is 41.5 Å². The van der Waals surface area contributed by atoms with Crippen LogP contribution in [0.15, 0.2) is 35.3 Å². The molecule has 2 unspecified atom stereocenters. The van der Waals surface area contributed by atoms with Gasteiger partial charge in [0.1, 0.15) is 11.6 Å². The van der Waals surface area contributed by atoms with Crippen LogP contribution in [0.3, 0.4) is 0 Å². The second kappa shape index (κ2) is 9.82. The van der Waals surface area contributed by atoms with Crippen molar-refractivity contribution < 1.29 is 8.78 Å². The van der Waals surface area contributed by atoms with Crippen molar-refractivity contribution in [2.45, 2.75) is 44.2 Å². The fourth-order valence-corrected chi connectivity index (χ4v) is 3.70. The van der Waals surface area contributed by atoms with E-state index in [0.717, 1.165) is 38.9 Å². The molecule has 2 atom stereocenters. The van der Waals surface area contributed by atoms with E-state index >= 15 is 0 Å². The Hall–Kier alpha value is -1.22. The van der Waals surface area contributed by atoms with E-state index in [1.165, 1.54) is 23.8 Å². The molecule has 1 aromatic carbocycles. The van der Waals surface area contributed by atoms with Gasteiger partial charge >= 0.3 is 0 Å². The molecular formula is C20H29F2IN4. The number of hydrogen-bond donors (Lipinski definition) is 2. The summed E-state index contributed by atoms with van der Waals surface area (Å²) < 4.78 is 27.8. The average molecular weight is 490 g/mol. The van der Waals surface area contributed by atoms with Crippen LogP contribution in [0.2, 0.25) is 0 Å². The van der Waals surface area contributed by atoms with Crippen molar-refractivity contribution in [3.05, 3.63) is 47.5 Å². The maximum Gasteiger partial charge on any atom is 0.191 e. The molecule has 0 amide bonds. The van der Waals surface area contributed by atoms with Gasteiger partial charge in [-0.05, 0) is 38.3 Å². The summed E-state index contributed by atoms with van der Waals surface area (Å²) in [5, 5.41) is 6.77. The van der Waals surface area contributed by atoms with Gasteiger partial charge in [0.05, 0.1) is 0 Å². The smallest absolute Gasteiger partial charge is 0.191 e. The second-order valence-electron chi connectivity index (χ2n) is 7.45. The highest BCUT2D eigenvalue weighted by molar-refractivity contribution is 14.0. The third kappa shape index (κ3) is 5.88. The maximum atomic E-state index is 13.9. The van der Waals surface area contributed by atoms with Crippen LogP contribution < -0.4 is 10.6 Å². The number of piperidine rings is 1. The van der Waals surface area contributed by atoms with E-state index < -0.39 is 11.6 Å².